The van der Waals surface area contributed by atoms with Gasteiger partial charge in [0.15, 0.2) is 0 Å². The first kappa shape index (κ1) is 12.3. The van der Waals surface area contributed by atoms with Gasteiger partial charge >= 0.3 is 0 Å². The molecule has 0 N–H and O–H groups in total. The standard InChI is InChI=1S/C19H16N2/c1-2-6-14(5-1)9-10-15-13-16-7-3-11-20-18(16)19-17(15)8-4-12-21-19/h1-5,7-8,11-13H,6,9-10H2. The summed E-state index contributed by atoms with van der Waals surface area (Å²) in [5.41, 5.74) is 4.90. The molecule has 0 saturated heterocycles. The molecule has 0 unspecified atom stereocenters. The van der Waals surface area contributed by atoms with Crippen molar-refractivity contribution in [1.29, 1.82) is 0 Å². The number of aromatic nitrogens is 2. The van der Waals surface area contributed by atoms with Crippen molar-refractivity contribution in [2.45, 2.75) is 19.3 Å². The van der Waals surface area contributed by atoms with Crippen LogP contribution in [0.3, 0.4) is 0 Å². The summed E-state index contributed by atoms with van der Waals surface area (Å²) in [6.45, 7) is 0. The zero-order valence-electron chi connectivity index (χ0n) is 11.8. The zero-order valence-corrected chi connectivity index (χ0v) is 11.8. The van der Waals surface area contributed by atoms with Crippen LogP contribution in [0.4, 0.5) is 0 Å². The average Bonchev–Trinajstić information content (AvgIpc) is 3.06. The van der Waals surface area contributed by atoms with Gasteiger partial charge in [-0.1, -0.05) is 35.9 Å². The molecule has 2 aromatic heterocycles. The predicted molar refractivity (Wildman–Crippen MR) is 87.2 cm³/mol. The minimum Gasteiger partial charge on any atom is -0.254 e. The molecule has 21 heavy (non-hydrogen) atoms. The van der Waals surface area contributed by atoms with Crippen molar-refractivity contribution in [3.63, 3.8) is 0 Å². The second-order valence-corrected chi connectivity index (χ2v) is 5.47. The van der Waals surface area contributed by atoms with Gasteiger partial charge < -0.3 is 0 Å². The van der Waals surface area contributed by atoms with Crippen LogP contribution in [0, 0.1) is 0 Å². The van der Waals surface area contributed by atoms with E-state index in [1.165, 1.54) is 21.9 Å². The van der Waals surface area contributed by atoms with Gasteiger partial charge in [-0.05, 0) is 43.0 Å². The quantitative estimate of drug-likeness (QED) is 0.651. The molecule has 0 radical (unpaired) electrons. The molecule has 102 valence electrons. The SMILES string of the molecule is C1=CCC(CCc2cc3cccnc3c3ncccc23)=C1. The fourth-order valence-electron chi connectivity index (χ4n) is 3.03. The van der Waals surface area contributed by atoms with Gasteiger partial charge in [0.2, 0.25) is 0 Å². The van der Waals surface area contributed by atoms with E-state index in [0.717, 1.165) is 30.3 Å². The molecule has 0 amide bonds. The van der Waals surface area contributed by atoms with Crippen LogP contribution in [-0.4, -0.2) is 9.97 Å². The van der Waals surface area contributed by atoms with Gasteiger partial charge in [-0.15, -0.1) is 0 Å². The second-order valence-electron chi connectivity index (χ2n) is 5.47. The fraction of sp³-hybridized carbons (Fsp3) is 0.158. The largest absolute Gasteiger partial charge is 0.254 e. The Morgan fingerprint density at radius 2 is 1.81 bits per heavy atom. The van der Waals surface area contributed by atoms with Crippen molar-refractivity contribution in [2.75, 3.05) is 0 Å². The minimum atomic E-state index is 0.999. The van der Waals surface area contributed by atoms with Crippen molar-refractivity contribution < 1.29 is 0 Å². The molecular formula is C19H16N2. The van der Waals surface area contributed by atoms with Crippen LogP contribution in [0.1, 0.15) is 18.4 Å². The van der Waals surface area contributed by atoms with Gasteiger partial charge in [0, 0.05) is 23.2 Å². The Hall–Kier alpha value is -2.48. The first-order valence-corrected chi connectivity index (χ1v) is 7.38. The van der Waals surface area contributed by atoms with Gasteiger partial charge in [-0.3, -0.25) is 9.97 Å². The van der Waals surface area contributed by atoms with Crippen LogP contribution in [0.5, 0.6) is 0 Å². The van der Waals surface area contributed by atoms with E-state index in [1.807, 2.05) is 24.5 Å². The summed E-state index contributed by atoms with van der Waals surface area (Å²) >= 11 is 0. The Kier molecular flexibility index (Phi) is 3.00. The van der Waals surface area contributed by atoms with E-state index in [4.69, 9.17) is 0 Å². The van der Waals surface area contributed by atoms with Crippen molar-refractivity contribution in [1.82, 2.24) is 9.97 Å². The van der Waals surface area contributed by atoms with E-state index in [-0.39, 0.29) is 0 Å². The summed E-state index contributed by atoms with van der Waals surface area (Å²) in [5.74, 6) is 0. The molecule has 3 aromatic rings. The van der Waals surface area contributed by atoms with Crippen LogP contribution in [0.2, 0.25) is 0 Å². The zero-order chi connectivity index (χ0) is 14.1. The van der Waals surface area contributed by atoms with Gasteiger partial charge in [-0.2, -0.15) is 0 Å². The lowest BCUT2D eigenvalue weighted by Gasteiger charge is -2.09. The summed E-state index contributed by atoms with van der Waals surface area (Å²) in [5, 5.41) is 2.41. The Bertz CT molecular complexity index is 875. The maximum Gasteiger partial charge on any atom is 0.0967 e. The molecule has 2 nitrogen and oxygen atoms in total. The number of hydrogen-bond donors (Lipinski definition) is 0. The Morgan fingerprint density at radius 1 is 0.952 bits per heavy atom. The van der Waals surface area contributed by atoms with Gasteiger partial charge in [0.25, 0.3) is 0 Å². The number of aryl methyl sites for hydroxylation is 1. The number of allylic oxidation sites excluding steroid dienone is 4. The first-order chi connectivity index (χ1) is 10.4. The fourth-order valence-corrected chi connectivity index (χ4v) is 3.03. The highest BCUT2D eigenvalue weighted by molar-refractivity contribution is 6.04. The molecule has 2 heterocycles. The normalized spacial score (nSPS) is 14.0. The number of benzene rings is 1. The topological polar surface area (TPSA) is 25.8 Å². The third-order valence-corrected chi connectivity index (χ3v) is 4.11. The molecule has 1 aliphatic carbocycles. The van der Waals surface area contributed by atoms with E-state index >= 15 is 0 Å². The molecule has 0 bridgehead atoms. The lowest BCUT2D eigenvalue weighted by atomic mass is 9.98. The molecular weight excluding hydrogens is 256 g/mol. The Morgan fingerprint density at radius 3 is 2.67 bits per heavy atom. The van der Waals surface area contributed by atoms with Crippen molar-refractivity contribution in [3.8, 4) is 0 Å². The molecule has 1 aromatic carbocycles. The molecule has 0 fully saturated rings. The van der Waals surface area contributed by atoms with Crippen LogP contribution in [0.15, 0.2) is 66.5 Å². The monoisotopic (exact) mass is 272 g/mol. The Balaban J connectivity index is 1.82. The maximum atomic E-state index is 4.56. The van der Waals surface area contributed by atoms with Gasteiger partial charge in [0.1, 0.15) is 0 Å². The van der Waals surface area contributed by atoms with E-state index < -0.39 is 0 Å². The molecule has 0 saturated carbocycles. The summed E-state index contributed by atoms with van der Waals surface area (Å²) in [6.07, 6.45) is 13.6. The molecule has 2 heteroatoms. The highest BCUT2D eigenvalue weighted by atomic mass is 14.7. The van der Waals surface area contributed by atoms with E-state index in [2.05, 4.69) is 46.4 Å². The van der Waals surface area contributed by atoms with Crippen LogP contribution < -0.4 is 0 Å². The second kappa shape index (κ2) is 5.13. The molecule has 1 aliphatic rings. The van der Waals surface area contributed by atoms with E-state index in [0.29, 0.717) is 0 Å². The lowest BCUT2D eigenvalue weighted by molar-refractivity contribution is 0.927. The number of hydrogen-bond acceptors (Lipinski definition) is 2. The molecule has 0 atom stereocenters. The number of nitrogens with zero attached hydrogens (tertiary/aromatic N) is 2. The summed E-state index contributed by atoms with van der Waals surface area (Å²) in [4.78, 5) is 9.06. The van der Waals surface area contributed by atoms with Gasteiger partial charge in [-0.25, -0.2) is 0 Å². The van der Waals surface area contributed by atoms with Crippen LogP contribution >= 0.6 is 0 Å². The van der Waals surface area contributed by atoms with Crippen molar-refractivity contribution in [3.05, 3.63) is 72.1 Å². The third kappa shape index (κ3) is 2.23. The minimum absolute atomic E-state index is 0.999. The molecule has 0 aliphatic heterocycles. The van der Waals surface area contributed by atoms with Crippen molar-refractivity contribution in [2.24, 2.45) is 0 Å². The van der Waals surface area contributed by atoms with Crippen LogP contribution in [-0.2, 0) is 6.42 Å². The van der Waals surface area contributed by atoms with E-state index in [1.54, 1.807) is 0 Å². The molecule has 4 rings (SSSR count). The summed E-state index contributed by atoms with van der Waals surface area (Å²) in [6, 6.07) is 10.6. The van der Waals surface area contributed by atoms with Gasteiger partial charge in [0.05, 0.1) is 11.0 Å². The summed E-state index contributed by atoms with van der Waals surface area (Å²) in [7, 11) is 0. The number of rotatable bonds is 3. The van der Waals surface area contributed by atoms with Crippen molar-refractivity contribution >= 4 is 21.8 Å². The third-order valence-electron chi connectivity index (χ3n) is 4.11. The Labute approximate surface area is 123 Å². The number of fused-ring (bicyclic) bond motifs is 3. The highest BCUT2D eigenvalue weighted by Gasteiger charge is 2.09. The summed E-state index contributed by atoms with van der Waals surface area (Å²) < 4.78 is 0. The predicted octanol–water partition coefficient (Wildman–Crippen LogP) is 4.60. The average molecular weight is 272 g/mol. The smallest absolute Gasteiger partial charge is 0.0967 e. The first-order valence-electron chi connectivity index (χ1n) is 7.38. The lowest BCUT2D eigenvalue weighted by Crippen LogP contribution is -1.93. The molecule has 0 spiro atoms. The van der Waals surface area contributed by atoms with E-state index in [9.17, 15) is 0 Å². The maximum absolute atomic E-state index is 4.56. The van der Waals surface area contributed by atoms with Crippen LogP contribution in [0.25, 0.3) is 21.8 Å². The number of pyridine rings is 2. The highest BCUT2D eigenvalue weighted by Crippen LogP contribution is 2.28.